The van der Waals surface area contributed by atoms with Gasteiger partial charge in [-0.2, -0.15) is 0 Å². The van der Waals surface area contributed by atoms with Gasteiger partial charge in [0, 0.05) is 40.3 Å². The van der Waals surface area contributed by atoms with E-state index in [-0.39, 0.29) is 5.56 Å². The van der Waals surface area contributed by atoms with Crippen LogP contribution in [0.15, 0.2) is 91.3 Å². The largest absolute Gasteiger partial charge is 0.478 e. The summed E-state index contributed by atoms with van der Waals surface area (Å²) in [5, 5.41) is 10.8. The SMILES string of the molecule is O=C(O)c1cccc(C#Cc2ccc(-c3ccc[nH]3)cc2)c1-c1ccc2cc[nH]c2c1. The molecule has 0 aliphatic rings. The van der Waals surface area contributed by atoms with E-state index in [2.05, 4.69) is 21.8 Å². The highest BCUT2D eigenvalue weighted by Gasteiger charge is 2.15. The molecule has 0 spiro atoms. The van der Waals surface area contributed by atoms with Gasteiger partial charge in [-0.05, 0) is 65.0 Å². The highest BCUT2D eigenvalue weighted by atomic mass is 16.4. The van der Waals surface area contributed by atoms with Crippen LogP contribution in [0, 0.1) is 11.8 Å². The van der Waals surface area contributed by atoms with Crippen LogP contribution in [-0.2, 0) is 0 Å². The third-order valence-corrected chi connectivity index (χ3v) is 5.27. The molecular weight excluding hydrogens is 384 g/mol. The molecule has 31 heavy (non-hydrogen) atoms. The topological polar surface area (TPSA) is 68.9 Å². The summed E-state index contributed by atoms with van der Waals surface area (Å²) in [6.07, 6.45) is 3.76. The zero-order valence-electron chi connectivity index (χ0n) is 16.5. The maximum absolute atomic E-state index is 11.9. The minimum absolute atomic E-state index is 0.236. The van der Waals surface area contributed by atoms with Gasteiger partial charge in [0.2, 0.25) is 0 Å². The first kappa shape index (κ1) is 18.5. The number of carboxylic acid groups (broad SMARTS) is 1. The number of aromatic carboxylic acids is 1. The van der Waals surface area contributed by atoms with Crippen molar-refractivity contribution in [2.45, 2.75) is 0 Å². The van der Waals surface area contributed by atoms with Gasteiger partial charge in [0.25, 0.3) is 0 Å². The van der Waals surface area contributed by atoms with Gasteiger partial charge in [0.05, 0.1) is 5.56 Å². The second kappa shape index (κ2) is 7.74. The Balaban J connectivity index is 1.57. The van der Waals surface area contributed by atoms with Crippen LogP contribution in [-0.4, -0.2) is 21.0 Å². The number of carboxylic acids is 1. The second-order valence-corrected chi connectivity index (χ2v) is 7.22. The number of nitrogens with one attached hydrogen (secondary N) is 2. The minimum atomic E-state index is -0.972. The van der Waals surface area contributed by atoms with Crippen LogP contribution in [0.25, 0.3) is 33.3 Å². The summed E-state index contributed by atoms with van der Waals surface area (Å²) in [7, 11) is 0. The molecular formula is C27H18N2O2. The van der Waals surface area contributed by atoms with Crippen molar-refractivity contribution in [1.82, 2.24) is 9.97 Å². The summed E-state index contributed by atoms with van der Waals surface area (Å²) in [6.45, 7) is 0. The van der Waals surface area contributed by atoms with E-state index in [1.165, 1.54) is 0 Å². The molecule has 3 aromatic carbocycles. The Hall–Kier alpha value is -4.49. The number of fused-ring (bicyclic) bond motifs is 1. The van der Waals surface area contributed by atoms with Gasteiger partial charge in [-0.15, -0.1) is 0 Å². The average molecular weight is 402 g/mol. The van der Waals surface area contributed by atoms with E-state index >= 15 is 0 Å². The number of hydrogen-bond donors (Lipinski definition) is 3. The smallest absolute Gasteiger partial charge is 0.336 e. The second-order valence-electron chi connectivity index (χ2n) is 7.22. The lowest BCUT2D eigenvalue weighted by molar-refractivity contribution is 0.0697. The van der Waals surface area contributed by atoms with Crippen molar-refractivity contribution >= 4 is 16.9 Å². The molecule has 0 fully saturated rings. The first-order valence-corrected chi connectivity index (χ1v) is 9.89. The zero-order valence-corrected chi connectivity index (χ0v) is 16.5. The first-order chi connectivity index (χ1) is 15.2. The number of hydrogen-bond acceptors (Lipinski definition) is 1. The van der Waals surface area contributed by atoms with Crippen LogP contribution in [0.5, 0.6) is 0 Å². The van der Waals surface area contributed by atoms with E-state index in [0.717, 1.165) is 33.3 Å². The Morgan fingerprint density at radius 1 is 0.774 bits per heavy atom. The summed E-state index contributed by atoms with van der Waals surface area (Å²) in [5.41, 5.74) is 6.32. The number of aromatic amines is 2. The first-order valence-electron chi connectivity index (χ1n) is 9.89. The molecule has 0 radical (unpaired) electrons. The van der Waals surface area contributed by atoms with Crippen molar-refractivity contribution in [3.8, 4) is 34.2 Å². The van der Waals surface area contributed by atoms with Crippen molar-refractivity contribution in [3.63, 3.8) is 0 Å². The molecule has 0 bridgehead atoms. The molecule has 0 saturated heterocycles. The number of benzene rings is 3. The van der Waals surface area contributed by atoms with E-state index in [1.54, 1.807) is 12.1 Å². The third kappa shape index (κ3) is 3.61. The summed E-state index contributed by atoms with van der Waals surface area (Å²) < 4.78 is 0. The van der Waals surface area contributed by atoms with Gasteiger partial charge in [0.15, 0.2) is 0 Å². The zero-order chi connectivity index (χ0) is 21.2. The fraction of sp³-hybridized carbons (Fsp3) is 0. The van der Waals surface area contributed by atoms with Crippen LogP contribution in [0.1, 0.15) is 21.5 Å². The normalized spacial score (nSPS) is 10.6. The van der Waals surface area contributed by atoms with Crippen LogP contribution < -0.4 is 0 Å². The molecule has 148 valence electrons. The number of carbonyl (C=O) groups is 1. The molecule has 2 heterocycles. The van der Waals surface area contributed by atoms with E-state index in [9.17, 15) is 9.90 Å². The Kier molecular flexibility index (Phi) is 4.62. The maximum atomic E-state index is 11.9. The van der Waals surface area contributed by atoms with Crippen LogP contribution in [0.4, 0.5) is 0 Å². The van der Waals surface area contributed by atoms with Crippen molar-refractivity contribution in [2.24, 2.45) is 0 Å². The highest BCUT2D eigenvalue weighted by molar-refractivity contribution is 5.99. The lowest BCUT2D eigenvalue weighted by atomic mass is 9.93. The Morgan fingerprint density at radius 3 is 2.39 bits per heavy atom. The number of H-pyrrole nitrogens is 2. The fourth-order valence-corrected chi connectivity index (χ4v) is 3.73. The van der Waals surface area contributed by atoms with E-state index in [4.69, 9.17) is 0 Å². The van der Waals surface area contributed by atoms with Gasteiger partial charge in [0.1, 0.15) is 0 Å². The average Bonchev–Trinajstić information content (AvgIpc) is 3.49. The molecule has 2 aromatic heterocycles. The van der Waals surface area contributed by atoms with Crippen molar-refractivity contribution < 1.29 is 9.90 Å². The molecule has 5 rings (SSSR count). The van der Waals surface area contributed by atoms with Gasteiger partial charge >= 0.3 is 5.97 Å². The quantitative estimate of drug-likeness (QED) is 0.328. The molecule has 4 heteroatoms. The Bertz CT molecular complexity index is 1450. The molecule has 5 aromatic rings. The van der Waals surface area contributed by atoms with Crippen molar-refractivity contribution in [3.05, 3.63) is 108 Å². The highest BCUT2D eigenvalue weighted by Crippen LogP contribution is 2.30. The van der Waals surface area contributed by atoms with Gasteiger partial charge in [-0.3, -0.25) is 0 Å². The van der Waals surface area contributed by atoms with Crippen LogP contribution in [0.3, 0.4) is 0 Å². The van der Waals surface area contributed by atoms with Crippen LogP contribution in [0.2, 0.25) is 0 Å². The number of aromatic nitrogens is 2. The molecule has 0 unspecified atom stereocenters. The molecule has 4 nitrogen and oxygen atoms in total. The summed E-state index contributed by atoms with van der Waals surface area (Å²) in [6, 6.07) is 25.0. The monoisotopic (exact) mass is 402 g/mol. The minimum Gasteiger partial charge on any atom is -0.478 e. The standard InChI is InChI=1S/C27H18N2O2/c30-27(31)23-4-1-3-21(26(23)22-13-12-20-14-16-29-25(20)17-22)11-8-18-6-9-19(10-7-18)24-5-2-15-28-24/h1-7,9-10,12-17,28-29H,(H,30,31). The summed E-state index contributed by atoms with van der Waals surface area (Å²) in [5.74, 6) is 5.40. The molecule has 0 amide bonds. The Labute approximate surface area is 179 Å². The fourth-order valence-electron chi connectivity index (χ4n) is 3.73. The third-order valence-electron chi connectivity index (χ3n) is 5.27. The molecule has 0 aliphatic carbocycles. The molecule has 0 atom stereocenters. The van der Waals surface area contributed by atoms with Gasteiger partial charge in [-0.25, -0.2) is 4.79 Å². The van der Waals surface area contributed by atoms with E-state index in [1.807, 2.05) is 79.1 Å². The van der Waals surface area contributed by atoms with Crippen LogP contribution >= 0.6 is 0 Å². The van der Waals surface area contributed by atoms with E-state index < -0.39 is 5.97 Å². The van der Waals surface area contributed by atoms with Gasteiger partial charge < -0.3 is 15.1 Å². The Morgan fingerprint density at radius 2 is 1.61 bits per heavy atom. The predicted molar refractivity (Wildman–Crippen MR) is 123 cm³/mol. The predicted octanol–water partition coefficient (Wildman–Crippen LogP) is 5.93. The molecule has 3 N–H and O–H groups in total. The molecule has 0 aliphatic heterocycles. The van der Waals surface area contributed by atoms with E-state index in [0.29, 0.717) is 11.1 Å². The maximum Gasteiger partial charge on any atom is 0.336 e. The summed E-state index contributed by atoms with van der Waals surface area (Å²) >= 11 is 0. The summed E-state index contributed by atoms with van der Waals surface area (Å²) in [4.78, 5) is 18.3. The van der Waals surface area contributed by atoms with Crippen molar-refractivity contribution in [1.29, 1.82) is 0 Å². The van der Waals surface area contributed by atoms with Crippen molar-refractivity contribution in [2.75, 3.05) is 0 Å². The lowest BCUT2D eigenvalue weighted by Gasteiger charge is -2.10. The lowest BCUT2D eigenvalue weighted by Crippen LogP contribution is -2.01. The number of rotatable bonds is 3. The molecule has 0 saturated carbocycles. The van der Waals surface area contributed by atoms with Gasteiger partial charge in [-0.1, -0.05) is 42.2 Å².